The van der Waals surface area contributed by atoms with E-state index in [1.54, 1.807) is 7.05 Å². The van der Waals surface area contributed by atoms with Crippen LogP contribution >= 0.6 is 27.3 Å². The SMILES string of the molecule is CNC(=O)CN(C)C(=O)c1sc2cc(Br)ccc2c1N. The number of nitrogens with zero attached hydrogens (tertiary/aromatic N) is 1. The number of hydrogen-bond donors (Lipinski definition) is 2. The van der Waals surface area contributed by atoms with Crippen molar-refractivity contribution in [3.05, 3.63) is 27.5 Å². The van der Waals surface area contributed by atoms with E-state index in [1.165, 1.54) is 23.3 Å². The molecule has 0 unspecified atom stereocenters. The van der Waals surface area contributed by atoms with E-state index in [4.69, 9.17) is 5.73 Å². The first-order valence-electron chi connectivity index (χ1n) is 5.87. The highest BCUT2D eigenvalue weighted by Gasteiger charge is 2.21. The summed E-state index contributed by atoms with van der Waals surface area (Å²) < 4.78 is 1.87. The minimum absolute atomic E-state index is 0.00666. The van der Waals surface area contributed by atoms with Gasteiger partial charge in [0.2, 0.25) is 5.91 Å². The molecule has 0 aliphatic heterocycles. The Balaban J connectivity index is 2.35. The summed E-state index contributed by atoms with van der Waals surface area (Å²) >= 11 is 4.72. The number of fused-ring (bicyclic) bond motifs is 1. The number of carbonyl (C=O) groups is 2. The summed E-state index contributed by atoms with van der Waals surface area (Å²) in [6, 6.07) is 5.68. The van der Waals surface area contributed by atoms with Crippen LogP contribution in [0.5, 0.6) is 0 Å². The van der Waals surface area contributed by atoms with Crippen molar-refractivity contribution >= 4 is 54.9 Å². The lowest BCUT2D eigenvalue weighted by molar-refractivity contribution is -0.121. The predicted molar refractivity (Wildman–Crippen MR) is 85.0 cm³/mol. The van der Waals surface area contributed by atoms with Gasteiger partial charge in [-0.3, -0.25) is 9.59 Å². The minimum atomic E-state index is -0.247. The molecule has 1 aromatic heterocycles. The molecule has 0 saturated heterocycles. The zero-order valence-electron chi connectivity index (χ0n) is 11.1. The van der Waals surface area contributed by atoms with Crippen LogP contribution in [0.2, 0.25) is 0 Å². The Morgan fingerprint density at radius 2 is 2.15 bits per heavy atom. The van der Waals surface area contributed by atoms with E-state index in [2.05, 4.69) is 21.2 Å². The second-order valence-corrected chi connectivity index (χ2v) is 6.29. The van der Waals surface area contributed by atoms with E-state index in [9.17, 15) is 9.59 Å². The number of thiophene rings is 1. The Bertz CT molecular complexity index is 684. The fraction of sp³-hybridized carbons (Fsp3) is 0.231. The van der Waals surface area contributed by atoms with Gasteiger partial charge in [-0.1, -0.05) is 22.0 Å². The number of halogens is 1. The summed E-state index contributed by atoms with van der Waals surface area (Å²) in [5.74, 6) is -0.466. The molecule has 0 fully saturated rings. The molecule has 20 heavy (non-hydrogen) atoms. The molecule has 2 rings (SSSR count). The largest absolute Gasteiger partial charge is 0.397 e. The highest BCUT2D eigenvalue weighted by molar-refractivity contribution is 9.10. The molecule has 1 heterocycles. The molecular formula is C13H14BrN3O2S. The van der Waals surface area contributed by atoms with Crippen molar-refractivity contribution in [2.24, 2.45) is 0 Å². The van der Waals surface area contributed by atoms with Gasteiger partial charge in [0.1, 0.15) is 4.88 Å². The normalized spacial score (nSPS) is 10.6. The molecule has 2 amide bonds. The monoisotopic (exact) mass is 355 g/mol. The smallest absolute Gasteiger partial charge is 0.266 e. The quantitative estimate of drug-likeness (QED) is 0.884. The number of benzene rings is 1. The van der Waals surface area contributed by atoms with Gasteiger partial charge in [0.15, 0.2) is 0 Å². The van der Waals surface area contributed by atoms with Gasteiger partial charge in [0, 0.05) is 28.7 Å². The van der Waals surface area contributed by atoms with Gasteiger partial charge in [-0.2, -0.15) is 0 Å². The fourth-order valence-corrected chi connectivity index (χ4v) is 3.46. The standard InChI is InChI=1S/C13H14BrN3O2S/c1-16-10(18)6-17(2)13(19)12-11(15)8-4-3-7(14)5-9(8)20-12/h3-5H,6,15H2,1-2H3,(H,16,18). The zero-order valence-corrected chi connectivity index (χ0v) is 13.5. The number of nitrogens with one attached hydrogen (secondary N) is 1. The second-order valence-electron chi connectivity index (χ2n) is 4.32. The Morgan fingerprint density at radius 3 is 2.80 bits per heavy atom. The molecule has 0 aliphatic carbocycles. The van der Waals surface area contributed by atoms with Gasteiger partial charge in [-0.15, -0.1) is 11.3 Å². The van der Waals surface area contributed by atoms with Crippen molar-refractivity contribution < 1.29 is 9.59 Å². The first kappa shape index (κ1) is 14.8. The number of hydrogen-bond acceptors (Lipinski definition) is 4. The van der Waals surface area contributed by atoms with Gasteiger partial charge in [0.05, 0.1) is 12.2 Å². The molecule has 0 aliphatic rings. The van der Waals surface area contributed by atoms with E-state index < -0.39 is 0 Å². The van der Waals surface area contributed by atoms with Gasteiger partial charge < -0.3 is 16.0 Å². The summed E-state index contributed by atoms with van der Waals surface area (Å²) in [7, 11) is 3.11. The third-order valence-corrected chi connectivity index (χ3v) is 4.54. The molecule has 7 heteroatoms. The molecule has 0 bridgehead atoms. The highest BCUT2D eigenvalue weighted by atomic mass is 79.9. The first-order chi connectivity index (χ1) is 9.43. The fourth-order valence-electron chi connectivity index (χ4n) is 1.79. The molecule has 0 spiro atoms. The van der Waals surface area contributed by atoms with E-state index >= 15 is 0 Å². The number of nitrogen functional groups attached to an aromatic ring is 1. The number of carbonyl (C=O) groups excluding carboxylic acids is 2. The van der Waals surface area contributed by atoms with Gasteiger partial charge in [0.25, 0.3) is 5.91 Å². The molecule has 3 N–H and O–H groups in total. The zero-order chi connectivity index (χ0) is 14.9. The minimum Gasteiger partial charge on any atom is -0.397 e. The molecule has 0 radical (unpaired) electrons. The summed E-state index contributed by atoms with van der Waals surface area (Å²) in [6.07, 6.45) is 0. The van der Waals surface area contributed by atoms with Crippen LogP contribution < -0.4 is 11.1 Å². The number of nitrogens with two attached hydrogens (primary N) is 1. The van der Waals surface area contributed by atoms with Crippen molar-refractivity contribution in [3.8, 4) is 0 Å². The third-order valence-electron chi connectivity index (χ3n) is 2.89. The molecule has 1 aromatic carbocycles. The van der Waals surface area contributed by atoms with E-state index in [0.29, 0.717) is 10.6 Å². The van der Waals surface area contributed by atoms with Crippen LogP contribution in [-0.4, -0.2) is 37.4 Å². The molecule has 0 atom stereocenters. The third kappa shape index (κ3) is 2.78. The Hall–Kier alpha value is -1.60. The molecule has 0 saturated carbocycles. The first-order valence-corrected chi connectivity index (χ1v) is 7.48. The van der Waals surface area contributed by atoms with Crippen molar-refractivity contribution in [2.75, 3.05) is 26.4 Å². The topological polar surface area (TPSA) is 75.4 Å². The molecule has 5 nitrogen and oxygen atoms in total. The van der Waals surface area contributed by atoms with Gasteiger partial charge in [-0.25, -0.2) is 0 Å². The maximum Gasteiger partial charge on any atom is 0.266 e. The Kier molecular flexibility index (Phi) is 4.29. The van der Waals surface area contributed by atoms with E-state index in [1.807, 2.05) is 18.2 Å². The van der Waals surface area contributed by atoms with Gasteiger partial charge >= 0.3 is 0 Å². The predicted octanol–water partition coefficient (Wildman–Crippen LogP) is 2.06. The summed E-state index contributed by atoms with van der Waals surface area (Å²) in [4.78, 5) is 25.5. The van der Waals surface area contributed by atoms with Crippen molar-refractivity contribution in [1.29, 1.82) is 0 Å². The average Bonchev–Trinajstić information content (AvgIpc) is 2.74. The van der Waals surface area contributed by atoms with Crippen molar-refractivity contribution in [1.82, 2.24) is 10.2 Å². The van der Waals surface area contributed by atoms with Crippen LogP contribution in [0, 0.1) is 0 Å². The van der Waals surface area contributed by atoms with Crippen molar-refractivity contribution in [2.45, 2.75) is 0 Å². The second kappa shape index (κ2) is 5.80. The average molecular weight is 356 g/mol. The number of anilines is 1. The Labute approximate surface area is 128 Å². The lowest BCUT2D eigenvalue weighted by Crippen LogP contribution is -2.36. The summed E-state index contributed by atoms with van der Waals surface area (Å²) in [5.41, 5.74) is 6.50. The Morgan fingerprint density at radius 1 is 1.45 bits per heavy atom. The molecular weight excluding hydrogens is 342 g/mol. The van der Waals surface area contributed by atoms with Gasteiger partial charge in [-0.05, 0) is 12.1 Å². The van der Waals surface area contributed by atoms with E-state index in [0.717, 1.165) is 14.6 Å². The lowest BCUT2D eigenvalue weighted by atomic mass is 10.2. The van der Waals surface area contributed by atoms with Crippen LogP contribution in [-0.2, 0) is 4.79 Å². The molecule has 106 valence electrons. The number of amides is 2. The maximum atomic E-state index is 12.3. The number of rotatable bonds is 3. The van der Waals surface area contributed by atoms with Crippen LogP contribution in [0.3, 0.4) is 0 Å². The van der Waals surface area contributed by atoms with Crippen LogP contribution in [0.15, 0.2) is 22.7 Å². The van der Waals surface area contributed by atoms with Crippen LogP contribution in [0.25, 0.3) is 10.1 Å². The number of likely N-dealkylation sites (N-methyl/N-ethyl adjacent to an activating group) is 2. The summed E-state index contributed by atoms with van der Waals surface area (Å²) in [5, 5.41) is 3.34. The van der Waals surface area contributed by atoms with Crippen LogP contribution in [0.4, 0.5) is 5.69 Å². The van der Waals surface area contributed by atoms with Crippen LogP contribution in [0.1, 0.15) is 9.67 Å². The highest BCUT2D eigenvalue weighted by Crippen LogP contribution is 2.35. The summed E-state index contributed by atoms with van der Waals surface area (Å²) in [6.45, 7) is 0.00666. The van der Waals surface area contributed by atoms with Crippen molar-refractivity contribution in [3.63, 3.8) is 0 Å². The maximum absolute atomic E-state index is 12.3. The lowest BCUT2D eigenvalue weighted by Gasteiger charge is -2.15. The van der Waals surface area contributed by atoms with E-state index in [-0.39, 0.29) is 18.4 Å². The molecule has 2 aromatic rings.